The lowest BCUT2D eigenvalue weighted by Crippen LogP contribution is -2.16. The van der Waals surface area contributed by atoms with Crippen molar-refractivity contribution < 1.29 is 13.2 Å². The molecule has 0 aliphatic rings. The zero-order chi connectivity index (χ0) is 21.9. The number of aryl methyl sites for hydroxylation is 1. The van der Waals surface area contributed by atoms with Crippen molar-refractivity contribution in [3.05, 3.63) is 82.3 Å². The molecule has 8 heteroatoms. The molecular weight excluding hydrogens is 466 g/mol. The van der Waals surface area contributed by atoms with Crippen molar-refractivity contribution in [1.29, 1.82) is 0 Å². The molecule has 3 aromatic rings. The Balaban J connectivity index is 1.80. The predicted molar refractivity (Wildman–Crippen MR) is 125 cm³/mol. The van der Waals surface area contributed by atoms with Gasteiger partial charge in [-0.15, -0.1) is 0 Å². The first-order chi connectivity index (χ1) is 14.2. The van der Waals surface area contributed by atoms with Gasteiger partial charge in [0.25, 0.3) is 15.9 Å². The first kappa shape index (κ1) is 21.9. The number of sulfonamides is 1. The smallest absolute Gasteiger partial charge is 0.261 e. The highest BCUT2D eigenvalue weighted by Gasteiger charge is 2.17. The molecule has 0 spiro atoms. The molecular formula is C22H22BrN3O3S. The van der Waals surface area contributed by atoms with Crippen LogP contribution in [0.4, 0.5) is 17.1 Å². The van der Waals surface area contributed by atoms with E-state index in [4.69, 9.17) is 0 Å². The number of nitrogens with zero attached hydrogens (tertiary/aromatic N) is 1. The van der Waals surface area contributed by atoms with Crippen LogP contribution in [0.2, 0.25) is 0 Å². The maximum Gasteiger partial charge on any atom is 0.261 e. The second-order valence-corrected chi connectivity index (χ2v) is 9.59. The number of anilines is 3. The quantitative estimate of drug-likeness (QED) is 0.519. The van der Waals surface area contributed by atoms with Gasteiger partial charge in [0.15, 0.2) is 0 Å². The summed E-state index contributed by atoms with van der Waals surface area (Å²) >= 11 is 3.31. The lowest BCUT2D eigenvalue weighted by molar-refractivity contribution is 0.102. The second-order valence-electron chi connectivity index (χ2n) is 6.99. The Kier molecular flexibility index (Phi) is 6.48. The summed E-state index contributed by atoms with van der Waals surface area (Å²) < 4.78 is 28.8. The molecule has 3 rings (SSSR count). The molecule has 0 saturated carbocycles. The van der Waals surface area contributed by atoms with Crippen LogP contribution in [0.25, 0.3) is 0 Å². The molecule has 0 radical (unpaired) electrons. The minimum atomic E-state index is -3.83. The van der Waals surface area contributed by atoms with Gasteiger partial charge in [0.2, 0.25) is 0 Å². The van der Waals surface area contributed by atoms with Gasteiger partial charge in [-0.05, 0) is 73.2 Å². The Hall–Kier alpha value is -2.84. The van der Waals surface area contributed by atoms with Gasteiger partial charge in [-0.25, -0.2) is 8.42 Å². The van der Waals surface area contributed by atoms with Gasteiger partial charge >= 0.3 is 0 Å². The summed E-state index contributed by atoms with van der Waals surface area (Å²) in [6.45, 7) is 1.91. The number of carbonyl (C=O) groups is 1. The molecule has 0 heterocycles. The van der Waals surface area contributed by atoms with Crippen LogP contribution in [0.3, 0.4) is 0 Å². The topological polar surface area (TPSA) is 78.5 Å². The summed E-state index contributed by atoms with van der Waals surface area (Å²) in [4.78, 5) is 14.7. The van der Waals surface area contributed by atoms with Gasteiger partial charge in [0.1, 0.15) is 0 Å². The van der Waals surface area contributed by atoms with E-state index in [1.807, 2.05) is 44.1 Å². The van der Waals surface area contributed by atoms with Crippen molar-refractivity contribution >= 4 is 48.9 Å². The zero-order valence-electron chi connectivity index (χ0n) is 16.8. The van der Waals surface area contributed by atoms with E-state index in [1.165, 1.54) is 12.1 Å². The summed E-state index contributed by atoms with van der Waals surface area (Å²) in [6, 6.07) is 18.4. The Morgan fingerprint density at radius 3 is 2.30 bits per heavy atom. The summed E-state index contributed by atoms with van der Waals surface area (Å²) in [5.41, 5.74) is 3.30. The van der Waals surface area contributed by atoms with Crippen LogP contribution in [0, 0.1) is 6.92 Å². The first-order valence-electron chi connectivity index (χ1n) is 9.13. The Labute approximate surface area is 185 Å². The summed E-state index contributed by atoms with van der Waals surface area (Å²) in [5.74, 6) is -0.378. The van der Waals surface area contributed by atoms with E-state index in [9.17, 15) is 13.2 Å². The van der Waals surface area contributed by atoms with Crippen molar-refractivity contribution in [2.45, 2.75) is 11.8 Å². The average molecular weight is 488 g/mol. The van der Waals surface area contributed by atoms with Crippen molar-refractivity contribution in [3.63, 3.8) is 0 Å². The van der Waals surface area contributed by atoms with Crippen LogP contribution < -0.4 is 14.9 Å². The van der Waals surface area contributed by atoms with Crippen molar-refractivity contribution in [3.8, 4) is 0 Å². The lowest BCUT2D eigenvalue weighted by Gasteiger charge is -2.15. The number of hydrogen-bond acceptors (Lipinski definition) is 4. The number of nitrogens with one attached hydrogen (secondary N) is 2. The van der Waals surface area contributed by atoms with E-state index in [1.54, 1.807) is 36.4 Å². The number of halogens is 1. The van der Waals surface area contributed by atoms with Gasteiger partial charge in [0.05, 0.1) is 4.90 Å². The largest absolute Gasteiger partial charge is 0.378 e. The third-order valence-electron chi connectivity index (χ3n) is 4.48. The van der Waals surface area contributed by atoms with Crippen LogP contribution >= 0.6 is 15.9 Å². The second kappa shape index (κ2) is 8.89. The predicted octanol–water partition coefficient (Wildman–Crippen LogP) is 4.88. The molecule has 0 aliphatic heterocycles. The van der Waals surface area contributed by atoms with Gasteiger partial charge in [0, 0.05) is 41.2 Å². The summed E-state index contributed by atoms with van der Waals surface area (Å²) in [6.07, 6.45) is 0. The van der Waals surface area contributed by atoms with Crippen LogP contribution in [-0.2, 0) is 10.0 Å². The Bertz CT molecular complexity index is 1180. The molecule has 1 amide bonds. The molecule has 2 N–H and O–H groups in total. The number of rotatable bonds is 6. The highest BCUT2D eigenvalue weighted by Crippen LogP contribution is 2.23. The van der Waals surface area contributed by atoms with Gasteiger partial charge in [-0.2, -0.15) is 0 Å². The van der Waals surface area contributed by atoms with Crippen LogP contribution in [0.5, 0.6) is 0 Å². The molecule has 0 atom stereocenters. The highest BCUT2D eigenvalue weighted by molar-refractivity contribution is 9.10. The molecule has 0 fully saturated rings. The first-order valence-corrected chi connectivity index (χ1v) is 11.4. The molecule has 0 saturated heterocycles. The SMILES string of the molecule is Cc1cc(N(C)C)ccc1NC(=O)c1cccc(S(=O)(=O)Nc2ccc(Br)cc2)c1. The Morgan fingerprint density at radius 1 is 0.967 bits per heavy atom. The molecule has 30 heavy (non-hydrogen) atoms. The summed E-state index contributed by atoms with van der Waals surface area (Å²) in [5, 5.41) is 2.85. The van der Waals surface area contributed by atoms with E-state index in [0.29, 0.717) is 11.4 Å². The lowest BCUT2D eigenvalue weighted by atomic mass is 10.1. The minimum absolute atomic E-state index is 0.0118. The molecule has 0 aromatic heterocycles. The number of amides is 1. The van der Waals surface area contributed by atoms with E-state index >= 15 is 0 Å². The number of carbonyl (C=O) groups excluding carboxylic acids is 1. The monoisotopic (exact) mass is 487 g/mol. The van der Waals surface area contributed by atoms with Crippen molar-refractivity contribution in [2.24, 2.45) is 0 Å². The van der Waals surface area contributed by atoms with Crippen LogP contribution in [0.15, 0.2) is 76.1 Å². The van der Waals surface area contributed by atoms with Crippen molar-refractivity contribution in [2.75, 3.05) is 29.0 Å². The molecule has 6 nitrogen and oxygen atoms in total. The van der Waals surface area contributed by atoms with Gasteiger partial charge in [-0.3, -0.25) is 9.52 Å². The minimum Gasteiger partial charge on any atom is -0.378 e. The zero-order valence-corrected chi connectivity index (χ0v) is 19.2. The van der Waals surface area contributed by atoms with E-state index in [-0.39, 0.29) is 16.4 Å². The van der Waals surface area contributed by atoms with E-state index in [2.05, 4.69) is 26.0 Å². The van der Waals surface area contributed by atoms with Crippen LogP contribution in [-0.4, -0.2) is 28.4 Å². The number of benzene rings is 3. The normalized spacial score (nSPS) is 11.1. The van der Waals surface area contributed by atoms with Crippen LogP contribution in [0.1, 0.15) is 15.9 Å². The summed E-state index contributed by atoms with van der Waals surface area (Å²) in [7, 11) is 0.0622. The number of hydrogen-bond donors (Lipinski definition) is 2. The molecule has 0 unspecified atom stereocenters. The highest BCUT2D eigenvalue weighted by atomic mass is 79.9. The average Bonchev–Trinajstić information content (AvgIpc) is 2.71. The third kappa shape index (κ3) is 5.20. The maximum atomic E-state index is 12.7. The Morgan fingerprint density at radius 2 is 1.67 bits per heavy atom. The van der Waals surface area contributed by atoms with Gasteiger partial charge < -0.3 is 10.2 Å². The standard InChI is InChI=1S/C22H22BrN3O3S/c1-15-13-19(26(2)3)11-12-21(15)24-22(27)16-5-4-6-20(14-16)30(28,29)25-18-9-7-17(23)8-10-18/h4-14,25H,1-3H3,(H,24,27). The fraction of sp³-hybridized carbons (Fsp3) is 0.136. The molecule has 156 valence electrons. The molecule has 0 bridgehead atoms. The maximum absolute atomic E-state index is 12.7. The fourth-order valence-corrected chi connectivity index (χ4v) is 4.17. The molecule has 3 aromatic carbocycles. The van der Waals surface area contributed by atoms with Crippen molar-refractivity contribution in [1.82, 2.24) is 0 Å². The van der Waals surface area contributed by atoms with E-state index in [0.717, 1.165) is 15.7 Å². The fourth-order valence-electron chi connectivity index (χ4n) is 2.80. The van der Waals surface area contributed by atoms with E-state index < -0.39 is 10.0 Å². The van der Waals surface area contributed by atoms with Gasteiger partial charge in [-0.1, -0.05) is 22.0 Å². The molecule has 0 aliphatic carbocycles. The third-order valence-corrected chi connectivity index (χ3v) is 6.39.